The average Bonchev–Trinajstić information content (AvgIpc) is 2.76. The maximum Gasteiger partial charge on any atom is 0.336 e. The minimum atomic E-state index is -0.939. The summed E-state index contributed by atoms with van der Waals surface area (Å²) in [6, 6.07) is 8.69. The average molecular weight is 249 g/mol. The molecule has 3 N–H and O–H groups in total. The van der Waals surface area contributed by atoms with Crippen LogP contribution in [0.15, 0.2) is 35.7 Å². The van der Waals surface area contributed by atoms with Crippen LogP contribution in [0.3, 0.4) is 0 Å². The van der Waals surface area contributed by atoms with Crippen LogP contribution in [-0.4, -0.2) is 11.1 Å². The lowest BCUT2D eigenvalue weighted by molar-refractivity contribution is 0.0695. The van der Waals surface area contributed by atoms with Gasteiger partial charge in [0, 0.05) is 0 Å². The van der Waals surface area contributed by atoms with Crippen molar-refractivity contribution in [3.05, 3.63) is 46.2 Å². The van der Waals surface area contributed by atoms with Gasteiger partial charge >= 0.3 is 5.97 Å². The zero-order valence-corrected chi connectivity index (χ0v) is 9.74. The van der Waals surface area contributed by atoms with Crippen molar-refractivity contribution in [2.75, 3.05) is 5.73 Å². The molecule has 0 amide bonds. The van der Waals surface area contributed by atoms with Gasteiger partial charge in [-0.3, -0.25) is 0 Å². The van der Waals surface area contributed by atoms with E-state index in [1.807, 2.05) is 12.1 Å². The molecule has 0 radical (unpaired) electrons. The van der Waals surface area contributed by atoms with E-state index in [1.165, 1.54) is 11.3 Å². The highest BCUT2D eigenvalue weighted by molar-refractivity contribution is 7.10. The zero-order valence-electron chi connectivity index (χ0n) is 8.92. The Morgan fingerprint density at radius 2 is 2.12 bits per heavy atom. The molecule has 0 aliphatic rings. The van der Waals surface area contributed by atoms with E-state index in [-0.39, 0.29) is 12.2 Å². The molecule has 2 aromatic rings. The first-order valence-corrected chi connectivity index (χ1v) is 5.83. The van der Waals surface area contributed by atoms with Gasteiger partial charge < -0.3 is 15.6 Å². The third-order valence-corrected chi connectivity index (χ3v) is 3.15. The van der Waals surface area contributed by atoms with Crippen LogP contribution in [0.4, 0.5) is 5.69 Å². The molecule has 2 rings (SSSR count). The summed E-state index contributed by atoms with van der Waals surface area (Å²) in [7, 11) is 0. The number of hydrogen-bond donors (Lipinski definition) is 2. The molecule has 5 heteroatoms. The molecule has 0 aliphatic carbocycles. The molecule has 0 fully saturated rings. The molecule has 0 saturated carbocycles. The molecule has 0 bridgehead atoms. The Labute approximate surface area is 102 Å². The lowest BCUT2D eigenvalue weighted by atomic mass is 10.2. The number of ether oxygens (including phenoxy) is 1. The molecule has 1 aromatic carbocycles. The first-order chi connectivity index (χ1) is 8.18. The summed E-state index contributed by atoms with van der Waals surface area (Å²) in [5.41, 5.74) is 6.54. The molecule has 0 saturated heterocycles. The van der Waals surface area contributed by atoms with Crippen molar-refractivity contribution in [1.82, 2.24) is 0 Å². The number of carbonyl (C=O) groups is 1. The van der Waals surface area contributed by atoms with Crippen LogP contribution in [-0.2, 0) is 6.61 Å². The first kappa shape index (κ1) is 11.5. The molecule has 88 valence electrons. The molecule has 4 nitrogen and oxygen atoms in total. The highest BCUT2D eigenvalue weighted by Crippen LogP contribution is 2.23. The number of para-hydroxylation sites is 2. The number of benzene rings is 1. The molecule has 1 aromatic heterocycles. The van der Waals surface area contributed by atoms with Gasteiger partial charge in [0.1, 0.15) is 12.4 Å². The van der Waals surface area contributed by atoms with Crippen LogP contribution in [0.2, 0.25) is 0 Å². The quantitative estimate of drug-likeness (QED) is 0.817. The number of nitrogen functional groups attached to an aromatic ring is 1. The van der Waals surface area contributed by atoms with Gasteiger partial charge in [-0.1, -0.05) is 12.1 Å². The smallest absolute Gasteiger partial charge is 0.336 e. The van der Waals surface area contributed by atoms with Gasteiger partial charge in [0.05, 0.1) is 16.1 Å². The summed E-state index contributed by atoms with van der Waals surface area (Å²) < 4.78 is 5.49. The molecule has 1 heterocycles. The van der Waals surface area contributed by atoms with Crippen LogP contribution >= 0.6 is 11.3 Å². The fourth-order valence-corrected chi connectivity index (χ4v) is 2.18. The van der Waals surface area contributed by atoms with E-state index in [4.69, 9.17) is 15.6 Å². The van der Waals surface area contributed by atoms with E-state index in [9.17, 15) is 4.79 Å². The standard InChI is InChI=1S/C12H11NO3S/c13-9-3-1-2-4-10(9)16-7-11-8(12(14)15)5-6-17-11/h1-6H,7,13H2,(H,14,15). The first-order valence-electron chi connectivity index (χ1n) is 4.95. The fourth-order valence-electron chi connectivity index (χ4n) is 1.40. The summed E-state index contributed by atoms with van der Waals surface area (Å²) in [6.07, 6.45) is 0. The van der Waals surface area contributed by atoms with Gasteiger partial charge in [-0.2, -0.15) is 0 Å². The molecule has 0 unspecified atom stereocenters. The summed E-state index contributed by atoms with van der Waals surface area (Å²) in [4.78, 5) is 11.6. The Bertz CT molecular complexity index is 536. The van der Waals surface area contributed by atoms with Crippen molar-refractivity contribution < 1.29 is 14.6 Å². The molecule has 17 heavy (non-hydrogen) atoms. The number of thiophene rings is 1. The van der Waals surface area contributed by atoms with E-state index >= 15 is 0 Å². The van der Waals surface area contributed by atoms with Crippen molar-refractivity contribution in [2.24, 2.45) is 0 Å². The topological polar surface area (TPSA) is 72.5 Å². The maximum atomic E-state index is 10.9. The highest BCUT2D eigenvalue weighted by Gasteiger charge is 2.12. The van der Waals surface area contributed by atoms with Gasteiger partial charge in [-0.15, -0.1) is 11.3 Å². The molecule has 0 atom stereocenters. The lowest BCUT2D eigenvalue weighted by Crippen LogP contribution is -2.02. The monoisotopic (exact) mass is 249 g/mol. The third-order valence-electron chi connectivity index (χ3n) is 2.25. The van der Waals surface area contributed by atoms with Crippen molar-refractivity contribution in [1.29, 1.82) is 0 Å². The molecule has 0 aliphatic heterocycles. The summed E-state index contributed by atoms with van der Waals surface area (Å²) in [6.45, 7) is 0.216. The predicted molar refractivity (Wildman–Crippen MR) is 66.5 cm³/mol. The number of aromatic carboxylic acids is 1. The van der Waals surface area contributed by atoms with Gasteiger partial charge in [0.15, 0.2) is 0 Å². The Hall–Kier alpha value is -2.01. The van der Waals surface area contributed by atoms with E-state index in [0.29, 0.717) is 16.3 Å². The molecular weight excluding hydrogens is 238 g/mol. The number of carboxylic acids is 1. The van der Waals surface area contributed by atoms with Gasteiger partial charge in [-0.25, -0.2) is 4.79 Å². The Morgan fingerprint density at radius 3 is 2.82 bits per heavy atom. The number of carboxylic acid groups (broad SMARTS) is 1. The third kappa shape index (κ3) is 2.57. The Morgan fingerprint density at radius 1 is 1.35 bits per heavy atom. The van der Waals surface area contributed by atoms with Crippen molar-refractivity contribution >= 4 is 23.0 Å². The van der Waals surface area contributed by atoms with Crippen molar-refractivity contribution in [3.63, 3.8) is 0 Å². The predicted octanol–water partition coefficient (Wildman–Crippen LogP) is 2.61. The summed E-state index contributed by atoms with van der Waals surface area (Å²) in [5, 5.41) is 10.7. The number of nitrogens with two attached hydrogens (primary N) is 1. The lowest BCUT2D eigenvalue weighted by Gasteiger charge is -2.07. The number of rotatable bonds is 4. The van der Waals surface area contributed by atoms with Gasteiger partial charge in [0.25, 0.3) is 0 Å². The van der Waals surface area contributed by atoms with Crippen LogP contribution in [0, 0.1) is 0 Å². The summed E-state index contributed by atoms with van der Waals surface area (Å²) >= 11 is 1.36. The second-order valence-corrected chi connectivity index (χ2v) is 4.39. The minimum absolute atomic E-state index is 0.216. The SMILES string of the molecule is Nc1ccccc1OCc1sccc1C(=O)O. The normalized spacial score (nSPS) is 10.1. The van der Waals surface area contributed by atoms with Crippen LogP contribution in [0.5, 0.6) is 5.75 Å². The van der Waals surface area contributed by atoms with Gasteiger partial charge in [0.2, 0.25) is 0 Å². The molecular formula is C12H11NO3S. The fraction of sp³-hybridized carbons (Fsp3) is 0.0833. The van der Waals surface area contributed by atoms with Crippen LogP contribution in [0.25, 0.3) is 0 Å². The van der Waals surface area contributed by atoms with E-state index < -0.39 is 5.97 Å². The maximum absolute atomic E-state index is 10.9. The van der Waals surface area contributed by atoms with E-state index in [1.54, 1.807) is 23.6 Å². The highest BCUT2D eigenvalue weighted by atomic mass is 32.1. The van der Waals surface area contributed by atoms with Crippen LogP contribution < -0.4 is 10.5 Å². The number of hydrogen-bond acceptors (Lipinski definition) is 4. The van der Waals surface area contributed by atoms with Crippen LogP contribution in [0.1, 0.15) is 15.2 Å². The number of anilines is 1. The van der Waals surface area contributed by atoms with E-state index in [0.717, 1.165) is 0 Å². The molecule has 0 spiro atoms. The van der Waals surface area contributed by atoms with Crippen molar-refractivity contribution in [2.45, 2.75) is 6.61 Å². The van der Waals surface area contributed by atoms with E-state index in [2.05, 4.69) is 0 Å². The second-order valence-electron chi connectivity index (χ2n) is 3.39. The zero-order chi connectivity index (χ0) is 12.3. The largest absolute Gasteiger partial charge is 0.486 e. The Kier molecular flexibility index (Phi) is 3.30. The van der Waals surface area contributed by atoms with Crippen molar-refractivity contribution in [3.8, 4) is 5.75 Å². The second kappa shape index (κ2) is 4.88. The Balaban J connectivity index is 2.10. The van der Waals surface area contributed by atoms with Gasteiger partial charge in [-0.05, 0) is 23.6 Å². The minimum Gasteiger partial charge on any atom is -0.486 e. The summed E-state index contributed by atoms with van der Waals surface area (Å²) in [5.74, 6) is -0.372.